The fourth-order valence-corrected chi connectivity index (χ4v) is 4.21. The number of anilines is 1. The number of benzene rings is 2. The molecule has 32 heavy (non-hydrogen) atoms. The van der Waals surface area contributed by atoms with Crippen LogP contribution in [-0.2, 0) is 13.1 Å². The molecule has 0 aliphatic carbocycles. The Kier molecular flexibility index (Phi) is 6.86. The maximum absolute atomic E-state index is 14.3. The van der Waals surface area contributed by atoms with Gasteiger partial charge in [0, 0.05) is 50.4 Å². The summed E-state index contributed by atoms with van der Waals surface area (Å²) in [5.41, 5.74) is 3.61. The number of nitrogens with zero attached hydrogens (tertiary/aromatic N) is 5. The summed E-state index contributed by atoms with van der Waals surface area (Å²) in [7, 11) is 2.13. The van der Waals surface area contributed by atoms with Crippen molar-refractivity contribution < 1.29 is 8.78 Å². The van der Waals surface area contributed by atoms with Gasteiger partial charge in [-0.3, -0.25) is 4.90 Å². The lowest BCUT2D eigenvalue weighted by Crippen LogP contribution is -2.45. The lowest BCUT2D eigenvalue weighted by atomic mass is 10.1. The Bertz CT molecular complexity index is 1040. The quantitative estimate of drug-likeness (QED) is 0.551. The molecular weight excluding hydrogens is 408 g/mol. The lowest BCUT2D eigenvalue weighted by Gasteiger charge is -2.35. The van der Waals surface area contributed by atoms with Gasteiger partial charge < -0.3 is 9.80 Å². The first-order chi connectivity index (χ1) is 15.5. The molecule has 0 bridgehead atoms. The number of hydrogen-bond donors (Lipinski definition) is 0. The highest BCUT2D eigenvalue weighted by molar-refractivity contribution is 5.55. The zero-order valence-corrected chi connectivity index (χ0v) is 19.1. The van der Waals surface area contributed by atoms with Crippen molar-refractivity contribution >= 4 is 5.82 Å². The second-order valence-electron chi connectivity index (χ2n) is 8.46. The minimum absolute atomic E-state index is 0.177. The van der Waals surface area contributed by atoms with Crippen LogP contribution in [0.15, 0.2) is 48.5 Å². The molecule has 1 saturated heterocycles. The number of piperazine rings is 1. The number of likely N-dealkylation sites (N-methyl/N-ethyl adjacent to an activating group) is 1. The van der Waals surface area contributed by atoms with Gasteiger partial charge in [-0.2, -0.15) is 5.10 Å². The number of hydrogen-bond acceptors (Lipinski definition) is 4. The van der Waals surface area contributed by atoms with Crippen molar-refractivity contribution in [1.82, 2.24) is 19.6 Å². The van der Waals surface area contributed by atoms with E-state index in [2.05, 4.69) is 28.7 Å². The van der Waals surface area contributed by atoms with Gasteiger partial charge >= 0.3 is 0 Å². The smallest absolute Gasteiger partial charge is 0.137 e. The number of rotatable bonds is 7. The van der Waals surface area contributed by atoms with Crippen LogP contribution in [0.2, 0.25) is 0 Å². The molecule has 170 valence electrons. The first kappa shape index (κ1) is 22.4. The SMILES string of the molecule is CCN(Cc1ccccc1F)Cc1c(C)nn(-c2ccc(F)cc2)c1N1CCN(C)CC1. The highest BCUT2D eigenvalue weighted by Gasteiger charge is 2.26. The van der Waals surface area contributed by atoms with Gasteiger partial charge in [-0.05, 0) is 50.8 Å². The largest absolute Gasteiger partial charge is 0.354 e. The van der Waals surface area contributed by atoms with Gasteiger partial charge in [0.2, 0.25) is 0 Å². The first-order valence-electron chi connectivity index (χ1n) is 11.2. The first-order valence-corrected chi connectivity index (χ1v) is 11.2. The zero-order chi connectivity index (χ0) is 22.7. The van der Waals surface area contributed by atoms with E-state index in [1.54, 1.807) is 18.2 Å². The van der Waals surface area contributed by atoms with Gasteiger partial charge in [0.05, 0.1) is 11.4 Å². The fraction of sp³-hybridized carbons (Fsp3) is 0.400. The standard InChI is InChI=1S/C25H31F2N5/c1-4-30(17-20-7-5-6-8-24(20)27)18-23-19(2)28-32(22-11-9-21(26)10-12-22)25(23)31-15-13-29(3)14-16-31/h5-12H,4,13-18H2,1-3H3. The molecule has 0 amide bonds. The van der Waals surface area contributed by atoms with E-state index >= 15 is 0 Å². The number of aromatic nitrogens is 2. The summed E-state index contributed by atoms with van der Waals surface area (Å²) in [6.07, 6.45) is 0. The lowest BCUT2D eigenvalue weighted by molar-refractivity contribution is 0.266. The highest BCUT2D eigenvalue weighted by atomic mass is 19.1. The Labute approximate surface area is 188 Å². The summed E-state index contributed by atoms with van der Waals surface area (Å²) in [4.78, 5) is 6.92. The molecule has 3 aromatic rings. The van der Waals surface area contributed by atoms with Gasteiger partial charge in [-0.25, -0.2) is 13.5 Å². The Morgan fingerprint density at radius 3 is 2.28 bits per heavy atom. The van der Waals surface area contributed by atoms with Crippen molar-refractivity contribution in [3.05, 3.63) is 77.0 Å². The maximum atomic E-state index is 14.3. The second-order valence-corrected chi connectivity index (χ2v) is 8.46. The third kappa shape index (κ3) is 4.84. The van der Waals surface area contributed by atoms with Crippen LogP contribution in [0.4, 0.5) is 14.6 Å². The van der Waals surface area contributed by atoms with Gasteiger partial charge in [-0.15, -0.1) is 0 Å². The number of halogens is 2. The summed E-state index contributed by atoms with van der Waals surface area (Å²) in [5, 5.41) is 4.85. The van der Waals surface area contributed by atoms with Gasteiger partial charge in [0.25, 0.3) is 0 Å². The van der Waals surface area contributed by atoms with Crippen LogP contribution in [0.25, 0.3) is 5.69 Å². The third-order valence-corrected chi connectivity index (χ3v) is 6.21. The van der Waals surface area contributed by atoms with Gasteiger partial charge in [0.15, 0.2) is 0 Å². The summed E-state index contributed by atoms with van der Waals surface area (Å²) in [5.74, 6) is 0.610. The Balaban J connectivity index is 1.70. The van der Waals surface area contributed by atoms with E-state index in [-0.39, 0.29) is 11.6 Å². The predicted molar refractivity (Wildman–Crippen MR) is 124 cm³/mol. The Morgan fingerprint density at radius 1 is 0.938 bits per heavy atom. The molecule has 4 rings (SSSR count). The maximum Gasteiger partial charge on any atom is 0.137 e. The predicted octanol–water partition coefficient (Wildman–Crippen LogP) is 4.23. The molecule has 1 aliphatic rings. The van der Waals surface area contributed by atoms with E-state index in [4.69, 9.17) is 5.10 Å². The molecule has 5 nitrogen and oxygen atoms in total. The summed E-state index contributed by atoms with van der Waals surface area (Å²) < 4.78 is 29.8. The molecule has 0 spiro atoms. The number of aryl methyl sites for hydroxylation is 1. The molecular formula is C25H31F2N5. The van der Waals surface area contributed by atoms with Crippen LogP contribution < -0.4 is 4.90 Å². The van der Waals surface area contributed by atoms with Crippen LogP contribution in [0.1, 0.15) is 23.7 Å². The molecule has 0 N–H and O–H groups in total. The van der Waals surface area contributed by atoms with E-state index in [1.165, 1.54) is 18.2 Å². The van der Waals surface area contributed by atoms with Crippen LogP contribution in [0, 0.1) is 18.6 Å². The van der Waals surface area contributed by atoms with Crippen LogP contribution in [-0.4, -0.2) is 59.4 Å². The molecule has 0 radical (unpaired) electrons. The topological polar surface area (TPSA) is 27.5 Å². The highest BCUT2D eigenvalue weighted by Crippen LogP contribution is 2.30. The van der Waals surface area contributed by atoms with Crippen molar-refractivity contribution in [3.8, 4) is 5.69 Å². The Hall–Kier alpha value is -2.77. The average Bonchev–Trinajstić information content (AvgIpc) is 3.11. The van der Waals surface area contributed by atoms with Crippen molar-refractivity contribution in [2.24, 2.45) is 0 Å². The molecule has 2 heterocycles. The fourth-order valence-electron chi connectivity index (χ4n) is 4.21. The molecule has 7 heteroatoms. The van der Waals surface area contributed by atoms with Crippen LogP contribution in [0.5, 0.6) is 0 Å². The molecule has 2 aromatic carbocycles. The van der Waals surface area contributed by atoms with E-state index in [1.807, 2.05) is 23.7 Å². The zero-order valence-electron chi connectivity index (χ0n) is 19.1. The minimum atomic E-state index is -0.263. The summed E-state index contributed by atoms with van der Waals surface area (Å²) in [6, 6.07) is 13.4. The molecule has 0 atom stereocenters. The van der Waals surface area contributed by atoms with Crippen molar-refractivity contribution in [3.63, 3.8) is 0 Å². The van der Waals surface area contributed by atoms with Crippen molar-refractivity contribution in [2.45, 2.75) is 26.9 Å². The van der Waals surface area contributed by atoms with E-state index in [0.29, 0.717) is 18.7 Å². The molecule has 1 aliphatic heterocycles. The van der Waals surface area contributed by atoms with Crippen molar-refractivity contribution in [2.75, 3.05) is 44.7 Å². The summed E-state index contributed by atoms with van der Waals surface area (Å²) in [6.45, 7) is 9.84. The van der Waals surface area contributed by atoms with Crippen LogP contribution in [0.3, 0.4) is 0 Å². The van der Waals surface area contributed by atoms with E-state index in [0.717, 1.165) is 55.5 Å². The normalized spacial score (nSPS) is 15.0. The molecule has 1 fully saturated rings. The van der Waals surface area contributed by atoms with Gasteiger partial charge in [0.1, 0.15) is 17.5 Å². The third-order valence-electron chi connectivity index (χ3n) is 6.21. The van der Waals surface area contributed by atoms with Crippen LogP contribution >= 0.6 is 0 Å². The molecule has 0 unspecified atom stereocenters. The van der Waals surface area contributed by atoms with E-state index < -0.39 is 0 Å². The van der Waals surface area contributed by atoms with Gasteiger partial charge in [-0.1, -0.05) is 25.1 Å². The van der Waals surface area contributed by atoms with Crippen molar-refractivity contribution in [1.29, 1.82) is 0 Å². The average molecular weight is 440 g/mol. The minimum Gasteiger partial charge on any atom is -0.354 e. The monoisotopic (exact) mass is 439 g/mol. The van der Waals surface area contributed by atoms with E-state index in [9.17, 15) is 8.78 Å². The summed E-state index contributed by atoms with van der Waals surface area (Å²) >= 11 is 0. The second kappa shape index (κ2) is 9.79. The molecule has 0 saturated carbocycles. The molecule has 1 aromatic heterocycles. The Morgan fingerprint density at radius 2 is 1.62 bits per heavy atom.